The van der Waals surface area contributed by atoms with Gasteiger partial charge in [-0.05, 0) is 31.2 Å². The topological polar surface area (TPSA) is 109 Å². The summed E-state index contributed by atoms with van der Waals surface area (Å²) in [6.07, 6.45) is 0. The fraction of sp³-hybridized carbons (Fsp3) is 0.167. The van der Waals surface area contributed by atoms with Crippen LogP contribution in [0.25, 0.3) is 10.9 Å². The average molecular weight is 370 g/mol. The number of fused-ring (bicyclic) bond motifs is 1. The Morgan fingerprint density at radius 3 is 2.74 bits per heavy atom. The number of H-pyrrole nitrogens is 1. The number of benzene rings is 2. The van der Waals surface area contributed by atoms with Gasteiger partial charge in [0.05, 0.1) is 22.4 Å². The first-order valence-electron chi connectivity index (χ1n) is 8.12. The number of para-hydroxylation sites is 1. The number of aromatic amines is 1. The van der Waals surface area contributed by atoms with Crippen LogP contribution in [0.5, 0.6) is 0 Å². The van der Waals surface area contributed by atoms with E-state index in [-0.39, 0.29) is 30.0 Å². The van der Waals surface area contributed by atoms with E-state index in [0.29, 0.717) is 10.9 Å². The number of nitro benzene ring substituents is 1. The highest BCUT2D eigenvalue weighted by Gasteiger charge is 2.21. The number of aromatic nitrogens is 2. The summed E-state index contributed by atoms with van der Waals surface area (Å²) in [7, 11) is 0. The van der Waals surface area contributed by atoms with E-state index in [4.69, 9.17) is 0 Å². The van der Waals surface area contributed by atoms with Crippen LogP contribution in [0.4, 0.5) is 10.1 Å². The smallest absolute Gasteiger partial charge is 0.305 e. The number of halogens is 1. The van der Waals surface area contributed by atoms with E-state index >= 15 is 0 Å². The van der Waals surface area contributed by atoms with Gasteiger partial charge in [0, 0.05) is 18.2 Å². The molecule has 8 nitrogen and oxygen atoms in total. The Morgan fingerprint density at radius 2 is 2.04 bits per heavy atom. The highest BCUT2D eigenvalue weighted by atomic mass is 19.1. The quantitative estimate of drug-likeness (QED) is 0.548. The van der Waals surface area contributed by atoms with Gasteiger partial charge in [-0.25, -0.2) is 4.98 Å². The molecular formula is C18H15FN4O4. The summed E-state index contributed by atoms with van der Waals surface area (Å²) >= 11 is 0. The lowest BCUT2D eigenvalue weighted by molar-refractivity contribution is -0.387. The zero-order valence-corrected chi connectivity index (χ0v) is 14.3. The molecule has 0 atom stereocenters. The van der Waals surface area contributed by atoms with E-state index in [0.717, 1.165) is 12.1 Å². The van der Waals surface area contributed by atoms with Gasteiger partial charge in [0.15, 0.2) is 0 Å². The molecule has 0 aliphatic heterocycles. The molecule has 0 unspecified atom stereocenters. The van der Waals surface area contributed by atoms with Gasteiger partial charge in [0.25, 0.3) is 11.5 Å². The van der Waals surface area contributed by atoms with Gasteiger partial charge in [-0.2, -0.15) is 4.39 Å². The van der Waals surface area contributed by atoms with Crippen LogP contribution < -0.4 is 5.56 Å². The van der Waals surface area contributed by atoms with Crippen molar-refractivity contribution in [3.63, 3.8) is 0 Å². The molecule has 0 radical (unpaired) electrons. The molecule has 2 aromatic carbocycles. The van der Waals surface area contributed by atoms with Gasteiger partial charge in [-0.3, -0.25) is 19.7 Å². The second-order valence-corrected chi connectivity index (χ2v) is 5.77. The van der Waals surface area contributed by atoms with Gasteiger partial charge < -0.3 is 9.88 Å². The highest BCUT2D eigenvalue weighted by molar-refractivity contribution is 5.94. The number of nitrogens with zero attached hydrogens (tertiary/aromatic N) is 3. The molecule has 3 aromatic rings. The van der Waals surface area contributed by atoms with Crippen LogP contribution in [0.1, 0.15) is 23.1 Å². The van der Waals surface area contributed by atoms with Crippen molar-refractivity contribution in [1.29, 1.82) is 0 Å². The molecule has 0 aliphatic carbocycles. The third-order valence-corrected chi connectivity index (χ3v) is 4.06. The maximum absolute atomic E-state index is 13.5. The molecule has 0 saturated carbocycles. The highest BCUT2D eigenvalue weighted by Crippen LogP contribution is 2.20. The fourth-order valence-corrected chi connectivity index (χ4v) is 2.69. The molecule has 0 saturated heterocycles. The molecule has 27 heavy (non-hydrogen) atoms. The van der Waals surface area contributed by atoms with Gasteiger partial charge in [0.1, 0.15) is 5.82 Å². The van der Waals surface area contributed by atoms with E-state index in [1.54, 1.807) is 31.2 Å². The molecular weight excluding hydrogens is 355 g/mol. The van der Waals surface area contributed by atoms with Crippen molar-refractivity contribution in [3.8, 4) is 0 Å². The van der Waals surface area contributed by atoms with Crippen LogP contribution in [-0.4, -0.2) is 32.2 Å². The van der Waals surface area contributed by atoms with Crippen molar-refractivity contribution < 1.29 is 14.1 Å². The fourth-order valence-electron chi connectivity index (χ4n) is 2.69. The predicted octanol–water partition coefficient (Wildman–Crippen LogP) is 2.63. The summed E-state index contributed by atoms with van der Waals surface area (Å²) in [6.45, 7) is 1.98. The summed E-state index contributed by atoms with van der Waals surface area (Å²) in [4.78, 5) is 43.1. The van der Waals surface area contributed by atoms with Crippen LogP contribution in [0.15, 0.2) is 47.3 Å². The number of nitrogens with one attached hydrogen (secondary N) is 1. The summed E-state index contributed by atoms with van der Waals surface area (Å²) < 4.78 is 13.5. The third kappa shape index (κ3) is 3.66. The van der Waals surface area contributed by atoms with Crippen LogP contribution in [0.3, 0.4) is 0 Å². The molecule has 1 amide bonds. The minimum Gasteiger partial charge on any atom is -0.331 e. The molecule has 138 valence electrons. The second-order valence-electron chi connectivity index (χ2n) is 5.77. The van der Waals surface area contributed by atoms with Crippen LogP contribution in [0, 0.1) is 15.9 Å². The number of hydrogen-bond donors (Lipinski definition) is 1. The Morgan fingerprint density at radius 1 is 1.30 bits per heavy atom. The van der Waals surface area contributed by atoms with Crippen molar-refractivity contribution in [1.82, 2.24) is 14.9 Å². The summed E-state index contributed by atoms with van der Waals surface area (Å²) in [5, 5.41) is 11.3. The Labute approximate surface area is 152 Å². The maximum atomic E-state index is 13.5. The maximum Gasteiger partial charge on any atom is 0.305 e. The molecule has 1 heterocycles. The Bertz CT molecular complexity index is 1100. The zero-order chi connectivity index (χ0) is 19.6. The number of carbonyl (C=O) groups is 1. The molecule has 1 N–H and O–H groups in total. The monoisotopic (exact) mass is 370 g/mol. The Hall–Kier alpha value is -3.62. The van der Waals surface area contributed by atoms with Gasteiger partial charge in [0.2, 0.25) is 5.82 Å². The normalized spacial score (nSPS) is 10.7. The van der Waals surface area contributed by atoms with Crippen molar-refractivity contribution in [2.24, 2.45) is 0 Å². The van der Waals surface area contributed by atoms with E-state index < -0.39 is 22.3 Å². The predicted molar refractivity (Wildman–Crippen MR) is 95.8 cm³/mol. The molecule has 0 aliphatic rings. The summed E-state index contributed by atoms with van der Waals surface area (Å²) in [5.74, 6) is -1.26. The number of carbonyl (C=O) groups excluding carboxylic acids is 1. The standard InChI is InChI=1S/C18H15FN4O4/c1-2-22(18(25)11-7-8-13(19)15(9-11)23(26)27)10-16-20-14-6-4-3-5-12(14)17(24)21-16/h3-9H,2,10H2,1H3,(H,20,21,24). The third-order valence-electron chi connectivity index (χ3n) is 4.06. The molecule has 0 bridgehead atoms. The molecule has 0 fully saturated rings. The van der Waals surface area contributed by atoms with Gasteiger partial charge in [-0.15, -0.1) is 0 Å². The number of rotatable bonds is 5. The van der Waals surface area contributed by atoms with E-state index in [1.165, 1.54) is 11.0 Å². The van der Waals surface area contributed by atoms with Crippen molar-refractivity contribution in [3.05, 3.63) is 80.1 Å². The summed E-state index contributed by atoms with van der Waals surface area (Å²) in [5.41, 5.74) is -0.615. The van der Waals surface area contributed by atoms with Crippen LogP contribution in [0.2, 0.25) is 0 Å². The second kappa shape index (κ2) is 7.32. The lowest BCUT2D eigenvalue weighted by Gasteiger charge is -2.20. The van der Waals surface area contributed by atoms with Crippen LogP contribution >= 0.6 is 0 Å². The number of nitro groups is 1. The minimum atomic E-state index is -1.01. The van der Waals surface area contributed by atoms with E-state index in [1.807, 2.05) is 0 Å². The number of hydrogen-bond acceptors (Lipinski definition) is 5. The molecule has 3 rings (SSSR count). The SMILES string of the molecule is CCN(Cc1nc2ccccc2c(=O)[nH]1)C(=O)c1ccc(F)c([N+](=O)[O-])c1. The van der Waals surface area contributed by atoms with Crippen molar-refractivity contribution >= 4 is 22.5 Å². The van der Waals surface area contributed by atoms with Crippen molar-refractivity contribution in [2.75, 3.05) is 6.54 Å². The Kier molecular flexibility index (Phi) is 4.93. The first kappa shape index (κ1) is 18.2. The van der Waals surface area contributed by atoms with Gasteiger partial charge >= 0.3 is 5.69 Å². The largest absolute Gasteiger partial charge is 0.331 e. The van der Waals surface area contributed by atoms with E-state index in [2.05, 4.69) is 9.97 Å². The average Bonchev–Trinajstić information content (AvgIpc) is 2.66. The van der Waals surface area contributed by atoms with Gasteiger partial charge in [-0.1, -0.05) is 12.1 Å². The molecule has 9 heteroatoms. The minimum absolute atomic E-state index is 0.000577. The lowest BCUT2D eigenvalue weighted by Crippen LogP contribution is -2.32. The zero-order valence-electron chi connectivity index (χ0n) is 14.3. The summed E-state index contributed by atoms with van der Waals surface area (Å²) in [6, 6.07) is 9.78. The lowest BCUT2D eigenvalue weighted by atomic mass is 10.1. The molecule has 0 spiro atoms. The van der Waals surface area contributed by atoms with Crippen LogP contribution in [-0.2, 0) is 6.54 Å². The van der Waals surface area contributed by atoms with E-state index in [9.17, 15) is 24.1 Å². The first-order valence-corrected chi connectivity index (χ1v) is 8.12. The Balaban J connectivity index is 1.92. The molecule has 1 aromatic heterocycles. The van der Waals surface area contributed by atoms with Crippen molar-refractivity contribution in [2.45, 2.75) is 13.5 Å². The first-order chi connectivity index (χ1) is 12.9. The number of amides is 1.